The van der Waals surface area contributed by atoms with Crippen LogP contribution in [0.4, 0.5) is 14.5 Å². The van der Waals surface area contributed by atoms with Crippen molar-refractivity contribution in [2.45, 2.75) is 0 Å². The molecule has 0 bridgehead atoms. The number of aliphatic imine (C=N–C) groups is 1. The molecule has 0 spiro atoms. The summed E-state index contributed by atoms with van der Waals surface area (Å²) in [5.41, 5.74) is -1.46. The highest BCUT2D eigenvalue weighted by atomic mass is 79.9. The molecule has 78 valence electrons. The van der Waals surface area contributed by atoms with Crippen molar-refractivity contribution in [3.8, 4) is 0 Å². The van der Waals surface area contributed by atoms with Crippen molar-refractivity contribution < 1.29 is 23.5 Å². The maximum atomic E-state index is 13.1. The van der Waals surface area contributed by atoms with E-state index in [2.05, 4.69) is 20.9 Å². The third-order valence-electron chi connectivity index (χ3n) is 1.52. The van der Waals surface area contributed by atoms with Crippen LogP contribution in [0.3, 0.4) is 0 Å². The second kappa shape index (κ2) is 4.29. The molecular formula is C8H2BrF2NO3. The Morgan fingerprint density at radius 1 is 1.47 bits per heavy atom. The molecule has 0 amide bonds. The number of carbonyl (C=O) groups excluding carboxylic acids is 1. The molecule has 0 aliphatic carbocycles. The summed E-state index contributed by atoms with van der Waals surface area (Å²) in [4.78, 5) is 23.3. The van der Waals surface area contributed by atoms with Gasteiger partial charge in [0.15, 0.2) is 11.6 Å². The number of hydrogen-bond donors (Lipinski definition) is 1. The Labute approximate surface area is 90.4 Å². The molecule has 1 N–H and O–H groups in total. The highest BCUT2D eigenvalue weighted by Crippen LogP contribution is 2.32. The van der Waals surface area contributed by atoms with Gasteiger partial charge in [-0.2, -0.15) is 4.99 Å². The molecule has 4 nitrogen and oxygen atoms in total. The first-order valence-corrected chi connectivity index (χ1v) is 4.27. The normalized spacial score (nSPS) is 9.53. The van der Waals surface area contributed by atoms with Crippen molar-refractivity contribution in [3.63, 3.8) is 0 Å². The number of nitrogens with zero attached hydrogens (tertiary/aromatic N) is 1. The zero-order chi connectivity index (χ0) is 11.6. The smallest absolute Gasteiger partial charge is 0.338 e. The van der Waals surface area contributed by atoms with Crippen molar-refractivity contribution >= 4 is 33.7 Å². The summed E-state index contributed by atoms with van der Waals surface area (Å²) in [6.45, 7) is 0. The summed E-state index contributed by atoms with van der Waals surface area (Å²) in [7, 11) is 0. The van der Waals surface area contributed by atoms with Gasteiger partial charge in [-0.25, -0.2) is 18.4 Å². The number of rotatable bonds is 2. The summed E-state index contributed by atoms with van der Waals surface area (Å²) >= 11 is 2.76. The first kappa shape index (κ1) is 11.5. The second-order valence-corrected chi connectivity index (χ2v) is 3.25. The molecule has 7 heteroatoms. The Balaban J connectivity index is 3.57. The summed E-state index contributed by atoms with van der Waals surface area (Å²) in [6, 6.07) is 0.816. The van der Waals surface area contributed by atoms with E-state index in [0.29, 0.717) is 0 Å². The molecule has 1 aromatic rings. The Kier molecular flexibility index (Phi) is 3.28. The van der Waals surface area contributed by atoms with Gasteiger partial charge in [-0.15, -0.1) is 0 Å². The minimum absolute atomic E-state index is 0.137. The van der Waals surface area contributed by atoms with E-state index in [1.54, 1.807) is 0 Å². The molecule has 0 aliphatic heterocycles. The van der Waals surface area contributed by atoms with E-state index >= 15 is 0 Å². The standard InChI is InChI=1S/C8H2BrF2NO3/c9-4-1-3(8(14)15)5(10)6(11)7(4)12-2-13/h1H,(H,14,15). The SMILES string of the molecule is O=C=Nc1c(Br)cc(C(=O)O)c(F)c1F. The quantitative estimate of drug-likeness (QED) is 0.513. The lowest BCUT2D eigenvalue weighted by Gasteiger charge is -2.03. The first-order valence-electron chi connectivity index (χ1n) is 3.47. The number of carbonyl (C=O) groups is 1. The van der Waals surface area contributed by atoms with E-state index in [-0.39, 0.29) is 4.47 Å². The molecular weight excluding hydrogens is 276 g/mol. The molecule has 0 unspecified atom stereocenters. The topological polar surface area (TPSA) is 66.7 Å². The Bertz CT molecular complexity index is 483. The predicted octanol–water partition coefficient (Wildman–Crippen LogP) is 2.39. The molecule has 15 heavy (non-hydrogen) atoms. The molecule has 0 radical (unpaired) electrons. The largest absolute Gasteiger partial charge is 0.478 e. The zero-order valence-electron chi connectivity index (χ0n) is 6.92. The van der Waals surface area contributed by atoms with Crippen molar-refractivity contribution in [2.75, 3.05) is 0 Å². The highest BCUT2D eigenvalue weighted by molar-refractivity contribution is 9.10. The molecule has 1 aromatic carbocycles. The molecule has 0 atom stereocenters. The van der Waals surface area contributed by atoms with Crippen LogP contribution in [-0.4, -0.2) is 17.2 Å². The van der Waals surface area contributed by atoms with Gasteiger partial charge in [0, 0.05) is 4.47 Å². The number of carboxylic acid groups (broad SMARTS) is 1. The number of halogens is 3. The molecule has 0 saturated carbocycles. The van der Waals surface area contributed by atoms with Crippen molar-refractivity contribution in [2.24, 2.45) is 4.99 Å². The van der Waals surface area contributed by atoms with E-state index in [0.717, 1.165) is 12.1 Å². The molecule has 0 heterocycles. The van der Waals surface area contributed by atoms with Crippen LogP contribution < -0.4 is 0 Å². The maximum Gasteiger partial charge on any atom is 0.338 e. The monoisotopic (exact) mass is 277 g/mol. The van der Waals surface area contributed by atoms with Gasteiger partial charge in [0.25, 0.3) is 0 Å². The zero-order valence-corrected chi connectivity index (χ0v) is 8.51. The van der Waals surface area contributed by atoms with E-state index < -0.39 is 28.9 Å². The Morgan fingerprint density at radius 2 is 2.07 bits per heavy atom. The van der Waals surface area contributed by atoms with Gasteiger partial charge < -0.3 is 5.11 Å². The van der Waals surface area contributed by atoms with E-state index in [9.17, 15) is 18.4 Å². The third kappa shape index (κ3) is 2.08. The lowest BCUT2D eigenvalue weighted by atomic mass is 10.2. The minimum atomic E-state index is -1.62. The average Bonchev–Trinajstić information content (AvgIpc) is 2.18. The van der Waals surface area contributed by atoms with Gasteiger partial charge in [-0.1, -0.05) is 0 Å². The van der Waals surface area contributed by atoms with Gasteiger partial charge in [-0.05, 0) is 22.0 Å². The predicted molar refractivity (Wildman–Crippen MR) is 48.8 cm³/mol. The summed E-state index contributed by atoms with van der Waals surface area (Å²) < 4.78 is 26.0. The number of aromatic carboxylic acids is 1. The minimum Gasteiger partial charge on any atom is -0.478 e. The number of hydrogen-bond acceptors (Lipinski definition) is 3. The number of benzene rings is 1. The van der Waals surface area contributed by atoms with Gasteiger partial charge in [0.2, 0.25) is 6.08 Å². The first-order chi connectivity index (χ1) is 6.99. The van der Waals surface area contributed by atoms with Gasteiger partial charge >= 0.3 is 5.97 Å². The van der Waals surface area contributed by atoms with E-state index in [4.69, 9.17) is 5.11 Å². The maximum absolute atomic E-state index is 13.1. The van der Waals surface area contributed by atoms with Gasteiger partial charge in [-0.3, -0.25) is 0 Å². The molecule has 1 rings (SSSR count). The van der Waals surface area contributed by atoms with Crippen LogP contribution in [0.1, 0.15) is 10.4 Å². The fraction of sp³-hybridized carbons (Fsp3) is 0. The summed E-state index contributed by atoms with van der Waals surface area (Å²) in [6.07, 6.45) is 1.03. The van der Waals surface area contributed by atoms with Crippen LogP contribution in [0.2, 0.25) is 0 Å². The van der Waals surface area contributed by atoms with Crippen molar-refractivity contribution in [3.05, 3.63) is 27.7 Å². The molecule has 0 fully saturated rings. The number of carboxylic acids is 1. The Hall–Kier alpha value is -1.59. The fourth-order valence-electron chi connectivity index (χ4n) is 0.889. The Morgan fingerprint density at radius 3 is 2.53 bits per heavy atom. The van der Waals surface area contributed by atoms with Crippen molar-refractivity contribution in [1.29, 1.82) is 0 Å². The van der Waals surface area contributed by atoms with Gasteiger partial charge in [0.1, 0.15) is 5.69 Å². The lowest BCUT2D eigenvalue weighted by Crippen LogP contribution is -2.03. The third-order valence-corrected chi connectivity index (χ3v) is 2.13. The highest BCUT2D eigenvalue weighted by Gasteiger charge is 2.21. The molecule has 0 aromatic heterocycles. The fourth-order valence-corrected chi connectivity index (χ4v) is 1.38. The van der Waals surface area contributed by atoms with Crippen LogP contribution in [0, 0.1) is 11.6 Å². The lowest BCUT2D eigenvalue weighted by molar-refractivity contribution is 0.0690. The molecule has 0 aliphatic rings. The van der Waals surface area contributed by atoms with E-state index in [1.165, 1.54) is 0 Å². The van der Waals surface area contributed by atoms with E-state index in [1.807, 2.05) is 0 Å². The van der Waals surface area contributed by atoms with Crippen LogP contribution >= 0.6 is 15.9 Å². The van der Waals surface area contributed by atoms with Crippen molar-refractivity contribution in [1.82, 2.24) is 0 Å². The van der Waals surface area contributed by atoms with Crippen LogP contribution in [0.25, 0.3) is 0 Å². The number of isocyanates is 1. The average molecular weight is 278 g/mol. The van der Waals surface area contributed by atoms with Gasteiger partial charge in [0.05, 0.1) is 5.56 Å². The van der Waals surface area contributed by atoms with Crippen LogP contribution in [0.15, 0.2) is 15.5 Å². The second-order valence-electron chi connectivity index (χ2n) is 2.39. The summed E-state index contributed by atoms with van der Waals surface area (Å²) in [5.74, 6) is -4.70. The summed E-state index contributed by atoms with van der Waals surface area (Å²) in [5, 5.41) is 8.50. The van der Waals surface area contributed by atoms with Crippen LogP contribution in [-0.2, 0) is 4.79 Å². The molecule has 0 saturated heterocycles. The van der Waals surface area contributed by atoms with Crippen LogP contribution in [0.5, 0.6) is 0 Å².